The van der Waals surface area contributed by atoms with Crippen LogP contribution in [0.25, 0.3) is 11.0 Å². The first-order valence-electron chi connectivity index (χ1n) is 9.94. The number of fused-ring (bicyclic) bond motifs is 1. The van der Waals surface area contributed by atoms with Gasteiger partial charge < -0.3 is 14.2 Å². The lowest BCUT2D eigenvalue weighted by molar-refractivity contribution is -0.148. The van der Waals surface area contributed by atoms with Gasteiger partial charge in [0.15, 0.2) is 0 Å². The number of hydrogen-bond donors (Lipinski definition) is 0. The van der Waals surface area contributed by atoms with Gasteiger partial charge >= 0.3 is 5.97 Å². The number of ether oxygens (including phenoxy) is 1. The van der Waals surface area contributed by atoms with Crippen LogP contribution < -0.4 is 4.90 Å². The first-order chi connectivity index (χ1) is 13.9. The minimum absolute atomic E-state index is 0.0731. The van der Waals surface area contributed by atoms with Gasteiger partial charge in [-0.2, -0.15) is 0 Å². The van der Waals surface area contributed by atoms with Gasteiger partial charge in [-0.05, 0) is 50.6 Å². The molecule has 2 aromatic carbocycles. The molecule has 0 unspecified atom stereocenters. The van der Waals surface area contributed by atoms with Crippen molar-refractivity contribution in [1.29, 1.82) is 0 Å². The van der Waals surface area contributed by atoms with Gasteiger partial charge in [0.25, 0.3) is 0 Å². The zero-order chi connectivity index (χ0) is 20.5. The number of benzene rings is 2. The topological polar surface area (TPSA) is 64.4 Å². The van der Waals surface area contributed by atoms with Gasteiger partial charge in [0.1, 0.15) is 12.4 Å². The van der Waals surface area contributed by atoms with Gasteiger partial charge in [0, 0.05) is 24.6 Å². The minimum Gasteiger partial charge on any atom is -0.462 e. The Hall–Kier alpha value is -3.15. The predicted molar refractivity (Wildman–Crippen MR) is 112 cm³/mol. The maximum atomic E-state index is 12.8. The summed E-state index contributed by atoms with van der Waals surface area (Å²) in [6.07, 6.45) is 0.196. The zero-order valence-corrected chi connectivity index (χ0v) is 17.0. The van der Waals surface area contributed by atoms with E-state index in [9.17, 15) is 9.59 Å². The Morgan fingerprint density at radius 1 is 1.21 bits per heavy atom. The highest BCUT2D eigenvalue weighted by Gasteiger charge is 2.35. The molecule has 3 aromatic rings. The number of carbonyl (C=O) groups excluding carboxylic acids is 2. The van der Waals surface area contributed by atoms with E-state index >= 15 is 0 Å². The smallest absolute Gasteiger partial charge is 0.326 e. The molecule has 0 aliphatic carbocycles. The van der Waals surface area contributed by atoms with Gasteiger partial charge in [0.05, 0.1) is 17.1 Å². The average molecular weight is 391 g/mol. The van der Waals surface area contributed by atoms with Gasteiger partial charge in [-0.3, -0.25) is 9.59 Å². The number of aromatic nitrogens is 2. The molecule has 1 saturated heterocycles. The van der Waals surface area contributed by atoms with Crippen molar-refractivity contribution in [2.24, 2.45) is 0 Å². The summed E-state index contributed by atoms with van der Waals surface area (Å²) in [5, 5.41) is 0. The van der Waals surface area contributed by atoms with E-state index in [0.29, 0.717) is 13.0 Å². The van der Waals surface area contributed by atoms with Crippen LogP contribution in [0, 0.1) is 6.92 Å². The summed E-state index contributed by atoms with van der Waals surface area (Å²) in [4.78, 5) is 31.7. The molecule has 0 radical (unpaired) electrons. The minimum atomic E-state index is -0.302. The van der Waals surface area contributed by atoms with Gasteiger partial charge in [0.2, 0.25) is 5.91 Å². The number of esters is 1. The van der Waals surface area contributed by atoms with Crippen LogP contribution in [-0.2, 0) is 20.9 Å². The summed E-state index contributed by atoms with van der Waals surface area (Å²) < 4.78 is 7.25. The third kappa shape index (κ3) is 3.88. The Bertz CT molecular complexity index is 1070. The highest BCUT2D eigenvalue weighted by atomic mass is 16.5. The summed E-state index contributed by atoms with van der Waals surface area (Å²) in [6.45, 7) is 6.32. The first-order valence-corrected chi connectivity index (χ1v) is 9.94. The molecule has 4 rings (SSSR count). The second-order valence-electron chi connectivity index (χ2n) is 7.83. The second-order valence-corrected chi connectivity index (χ2v) is 7.83. The van der Waals surface area contributed by atoms with Crippen LogP contribution in [0.1, 0.15) is 37.6 Å². The second kappa shape index (κ2) is 7.70. The molecule has 0 N–H and O–H groups in total. The van der Waals surface area contributed by atoms with Crippen LogP contribution in [0.2, 0.25) is 0 Å². The fourth-order valence-corrected chi connectivity index (χ4v) is 3.93. The summed E-state index contributed by atoms with van der Waals surface area (Å²) in [6, 6.07) is 15.7. The number of nitrogens with zero attached hydrogens (tertiary/aromatic N) is 3. The first kappa shape index (κ1) is 19.2. The number of amides is 1. The SMILES string of the molecule is Cc1cccc(N2C[C@H](c3nc4ccccc4n3CC(=O)OC(C)C)CC2=O)c1. The number of rotatable bonds is 5. The van der Waals surface area contributed by atoms with E-state index in [1.807, 2.05) is 78.8 Å². The van der Waals surface area contributed by atoms with Crippen LogP contribution >= 0.6 is 0 Å². The third-order valence-corrected chi connectivity index (χ3v) is 5.14. The van der Waals surface area contributed by atoms with E-state index < -0.39 is 0 Å². The molecule has 1 aliphatic heterocycles. The molecular formula is C23H25N3O3. The lowest BCUT2D eigenvalue weighted by atomic mass is 10.1. The molecule has 6 heteroatoms. The Morgan fingerprint density at radius 2 is 2.00 bits per heavy atom. The molecule has 0 saturated carbocycles. The van der Waals surface area contributed by atoms with Crippen molar-refractivity contribution in [3.8, 4) is 0 Å². The number of hydrogen-bond acceptors (Lipinski definition) is 4. The number of para-hydroxylation sites is 2. The summed E-state index contributed by atoms with van der Waals surface area (Å²) in [5.41, 5.74) is 3.72. The van der Waals surface area contributed by atoms with Crippen molar-refractivity contribution in [3.63, 3.8) is 0 Å². The molecule has 1 aliphatic rings. The average Bonchev–Trinajstić information content (AvgIpc) is 3.22. The van der Waals surface area contributed by atoms with E-state index in [0.717, 1.165) is 28.1 Å². The Morgan fingerprint density at radius 3 is 2.76 bits per heavy atom. The van der Waals surface area contributed by atoms with Crippen molar-refractivity contribution < 1.29 is 14.3 Å². The predicted octanol–water partition coefficient (Wildman–Crippen LogP) is 3.82. The summed E-state index contributed by atoms with van der Waals surface area (Å²) >= 11 is 0. The normalized spacial score (nSPS) is 16.8. The molecule has 29 heavy (non-hydrogen) atoms. The van der Waals surface area contributed by atoms with E-state index in [-0.39, 0.29) is 30.4 Å². The van der Waals surface area contributed by atoms with Gasteiger partial charge in [-0.15, -0.1) is 0 Å². The largest absolute Gasteiger partial charge is 0.462 e. The van der Waals surface area contributed by atoms with Crippen molar-refractivity contribution in [2.45, 2.75) is 45.8 Å². The Balaban J connectivity index is 1.67. The molecule has 1 atom stereocenters. The maximum Gasteiger partial charge on any atom is 0.326 e. The van der Waals surface area contributed by atoms with Gasteiger partial charge in [-0.1, -0.05) is 24.3 Å². The molecular weight excluding hydrogens is 366 g/mol. The van der Waals surface area contributed by atoms with Crippen LogP contribution in [0.15, 0.2) is 48.5 Å². The fraction of sp³-hybridized carbons (Fsp3) is 0.348. The number of imidazole rings is 1. The molecule has 6 nitrogen and oxygen atoms in total. The number of carbonyl (C=O) groups is 2. The number of anilines is 1. The standard InChI is InChI=1S/C23H25N3O3/c1-15(2)29-22(28)14-26-20-10-5-4-9-19(20)24-23(26)17-12-21(27)25(13-17)18-8-6-7-16(3)11-18/h4-11,15,17H,12-14H2,1-3H3/t17-/m1/s1. The Labute approximate surface area is 170 Å². The van der Waals surface area contributed by atoms with E-state index in [1.165, 1.54) is 0 Å². The van der Waals surface area contributed by atoms with E-state index in [4.69, 9.17) is 9.72 Å². The van der Waals surface area contributed by atoms with E-state index in [1.54, 1.807) is 0 Å². The van der Waals surface area contributed by atoms with Crippen LogP contribution in [-0.4, -0.2) is 34.1 Å². The highest BCUT2D eigenvalue weighted by Crippen LogP contribution is 2.33. The fourth-order valence-electron chi connectivity index (χ4n) is 3.93. The molecule has 1 amide bonds. The lowest BCUT2D eigenvalue weighted by Crippen LogP contribution is -2.25. The molecule has 0 spiro atoms. The third-order valence-electron chi connectivity index (χ3n) is 5.14. The molecule has 0 bridgehead atoms. The summed E-state index contributed by atoms with van der Waals surface area (Å²) in [5.74, 6) is 0.450. The lowest BCUT2D eigenvalue weighted by Gasteiger charge is -2.18. The van der Waals surface area contributed by atoms with Crippen molar-refractivity contribution >= 4 is 28.6 Å². The van der Waals surface area contributed by atoms with Crippen molar-refractivity contribution in [1.82, 2.24) is 9.55 Å². The van der Waals surface area contributed by atoms with Crippen LogP contribution in [0.5, 0.6) is 0 Å². The molecule has 1 aromatic heterocycles. The molecule has 150 valence electrons. The molecule has 1 fully saturated rings. The highest BCUT2D eigenvalue weighted by molar-refractivity contribution is 5.96. The molecule has 2 heterocycles. The van der Waals surface area contributed by atoms with Crippen molar-refractivity contribution in [2.75, 3.05) is 11.4 Å². The Kier molecular flexibility index (Phi) is 5.09. The maximum absolute atomic E-state index is 12.8. The quantitative estimate of drug-likeness (QED) is 0.620. The van der Waals surface area contributed by atoms with E-state index in [2.05, 4.69) is 0 Å². The van der Waals surface area contributed by atoms with Crippen molar-refractivity contribution in [3.05, 3.63) is 59.9 Å². The summed E-state index contributed by atoms with van der Waals surface area (Å²) in [7, 11) is 0. The zero-order valence-electron chi connectivity index (χ0n) is 17.0. The van der Waals surface area contributed by atoms with Crippen LogP contribution in [0.4, 0.5) is 5.69 Å². The number of aryl methyl sites for hydroxylation is 1. The van der Waals surface area contributed by atoms with Crippen LogP contribution in [0.3, 0.4) is 0 Å². The van der Waals surface area contributed by atoms with Gasteiger partial charge in [-0.25, -0.2) is 4.98 Å². The monoisotopic (exact) mass is 391 g/mol.